The molecule has 0 radical (unpaired) electrons. The number of nitrogen functional groups attached to an aromatic ring is 1. The Morgan fingerprint density at radius 3 is 2.88 bits per heavy atom. The summed E-state index contributed by atoms with van der Waals surface area (Å²) >= 11 is 0. The van der Waals surface area contributed by atoms with Crippen molar-refractivity contribution in [3.8, 4) is 0 Å². The van der Waals surface area contributed by atoms with Crippen LogP contribution in [-0.4, -0.2) is 25.5 Å². The molecule has 1 aromatic carbocycles. The van der Waals surface area contributed by atoms with Gasteiger partial charge in [-0.15, -0.1) is 0 Å². The van der Waals surface area contributed by atoms with E-state index in [0.29, 0.717) is 11.6 Å². The maximum atomic E-state index is 5.96. The molecule has 1 aliphatic rings. The van der Waals surface area contributed by atoms with E-state index >= 15 is 0 Å². The summed E-state index contributed by atoms with van der Waals surface area (Å²) < 4.78 is 1.98. The van der Waals surface area contributed by atoms with Gasteiger partial charge in [0, 0.05) is 35.2 Å². The van der Waals surface area contributed by atoms with Gasteiger partial charge in [-0.1, -0.05) is 0 Å². The molecule has 0 spiro atoms. The van der Waals surface area contributed by atoms with Crippen molar-refractivity contribution in [2.24, 2.45) is 5.73 Å². The van der Waals surface area contributed by atoms with E-state index in [2.05, 4.69) is 25.6 Å². The third-order valence-electron chi connectivity index (χ3n) is 4.45. The van der Waals surface area contributed by atoms with Crippen molar-refractivity contribution in [3.63, 3.8) is 0 Å². The smallest absolute Gasteiger partial charge is 0.180 e. The van der Waals surface area contributed by atoms with E-state index in [9.17, 15) is 0 Å². The van der Waals surface area contributed by atoms with E-state index in [1.54, 1.807) is 12.3 Å². The molecule has 0 aliphatic carbocycles. The van der Waals surface area contributed by atoms with Crippen molar-refractivity contribution >= 4 is 39.4 Å². The number of benzene rings is 1. The average molecular weight is 344 g/mol. The van der Waals surface area contributed by atoms with E-state index in [4.69, 9.17) is 11.5 Å². The van der Waals surface area contributed by atoms with Crippen LogP contribution in [0.4, 0.5) is 17.3 Å². The summed E-state index contributed by atoms with van der Waals surface area (Å²) in [5.41, 5.74) is 16.2. The number of anilines is 3. The summed E-state index contributed by atoms with van der Waals surface area (Å²) in [6.45, 7) is 0. The van der Waals surface area contributed by atoms with Crippen LogP contribution in [0.25, 0.3) is 22.1 Å². The molecule has 0 saturated heterocycles. The van der Waals surface area contributed by atoms with Crippen LogP contribution in [0.3, 0.4) is 0 Å². The number of aromatic nitrogens is 4. The van der Waals surface area contributed by atoms with Gasteiger partial charge in [-0.05, 0) is 30.3 Å². The van der Waals surface area contributed by atoms with Gasteiger partial charge in [-0.2, -0.15) is 0 Å². The van der Waals surface area contributed by atoms with Gasteiger partial charge in [0.25, 0.3) is 0 Å². The zero-order chi connectivity index (χ0) is 17.7. The standard InChI is InChI=1S/C18H16N8/c19-15-4-1-10-7-11(2-3-13(10)25-15)24-17-18-23-9-14(12-8-22-16(12)20)26(18)6-5-21-17/h1-9,16,22H,20H2,(H2,19,25)(H,21,24). The molecule has 8 heteroatoms. The Labute approximate surface area is 148 Å². The van der Waals surface area contributed by atoms with Crippen molar-refractivity contribution in [2.45, 2.75) is 6.17 Å². The molecule has 5 rings (SSSR count). The van der Waals surface area contributed by atoms with Crippen LogP contribution < -0.4 is 22.1 Å². The van der Waals surface area contributed by atoms with Crippen molar-refractivity contribution in [1.29, 1.82) is 0 Å². The summed E-state index contributed by atoms with van der Waals surface area (Å²) in [4.78, 5) is 13.3. The number of imidazole rings is 1. The lowest BCUT2D eigenvalue weighted by atomic mass is 10.1. The molecule has 26 heavy (non-hydrogen) atoms. The molecular formula is C18H16N8. The molecule has 6 N–H and O–H groups in total. The molecule has 0 bridgehead atoms. The Bertz CT molecular complexity index is 1180. The fourth-order valence-corrected chi connectivity index (χ4v) is 3.07. The third kappa shape index (κ3) is 2.24. The highest BCUT2D eigenvalue weighted by molar-refractivity contribution is 5.85. The maximum absolute atomic E-state index is 5.96. The predicted octanol–water partition coefficient (Wildman–Crippen LogP) is 1.83. The summed E-state index contributed by atoms with van der Waals surface area (Å²) in [6.07, 6.45) is 7.15. The lowest BCUT2D eigenvalue weighted by Crippen LogP contribution is -2.43. The first-order valence-corrected chi connectivity index (χ1v) is 8.16. The largest absolute Gasteiger partial charge is 0.384 e. The normalized spacial score (nSPS) is 16.2. The van der Waals surface area contributed by atoms with Gasteiger partial charge < -0.3 is 22.1 Å². The van der Waals surface area contributed by atoms with Gasteiger partial charge in [0.2, 0.25) is 0 Å². The number of nitrogens with one attached hydrogen (secondary N) is 2. The molecule has 4 aromatic rings. The molecule has 128 valence electrons. The fraction of sp³-hybridized carbons (Fsp3) is 0.0556. The molecule has 1 aliphatic heterocycles. The highest BCUT2D eigenvalue weighted by Gasteiger charge is 2.22. The number of pyridine rings is 1. The highest BCUT2D eigenvalue weighted by atomic mass is 15.1. The number of nitrogens with two attached hydrogens (primary N) is 2. The van der Waals surface area contributed by atoms with Crippen LogP contribution in [0.15, 0.2) is 55.1 Å². The van der Waals surface area contributed by atoms with Crippen molar-refractivity contribution in [2.75, 3.05) is 11.1 Å². The van der Waals surface area contributed by atoms with Gasteiger partial charge in [-0.25, -0.2) is 15.0 Å². The number of fused-ring (bicyclic) bond motifs is 2. The first-order valence-electron chi connectivity index (χ1n) is 8.16. The second kappa shape index (κ2) is 5.43. The molecule has 0 saturated carbocycles. The van der Waals surface area contributed by atoms with Crippen LogP contribution in [0, 0.1) is 0 Å². The minimum atomic E-state index is -0.167. The van der Waals surface area contributed by atoms with Crippen molar-refractivity contribution < 1.29 is 0 Å². The number of rotatable bonds is 3. The van der Waals surface area contributed by atoms with E-state index in [1.165, 1.54) is 0 Å². The van der Waals surface area contributed by atoms with Crippen LogP contribution in [0.5, 0.6) is 0 Å². The minimum absolute atomic E-state index is 0.167. The third-order valence-corrected chi connectivity index (χ3v) is 4.45. The highest BCUT2D eigenvalue weighted by Crippen LogP contribution is 2.27. The van der Waals surface area contributed by atoms with Crippen LogP contribution in [-0.2, 0) is 0 Å². The quantitative estimate of drug-likeness (QED) is 0.447. The van der Waals surface area contributed by atoms with Crippen LogP contribution >= 0.6 is 0 Å². The zero-order valence-corrected chi connectivity index (χ0v) is 13.7. The Morgan fingerprint density at radius 2 is 2.08 bits per heavy atom. The first kappa shape index (κ1) is 14.7. The molecular weight excluding hydrogens is 328 g/mol. The molecule has 1 atom stereocenters. The summed E-state index contributed by atoms with van der Waals surface area (Å²) in [5, 5.41) is 7.35. The van der Waals surface area contributed by atoms with Gasteiger partial charge in [0.15, 0.2) is 11.5 Å². The van der Waals surface area contributed by atoms with E-state index in [0.717, 1.165) is 33.5 Å². The monoisotopic (exact) mass is 344 g/mol. The number of nitrogens with zero attached hydrogens (tertiary/aromatic N) is 4. The fourth-order valence-electron chi connectivity index (χ4n) is 3.07. The Hall–Kier alpha value is -3.65. The number of hydrogen-bond acceptors (Lipinski definition) is 7. The van der Waals surface area contributed by atoms with Crippen molar-refractivity contribution in [1.82, 2.24) is 24.7 Å². The topological polar surface area (TPSA) is 119 Å². The molecule has 4 heterocycles. The molecule has 0 fully saturated rings. The summed E-state index contributed by atoms with van der Waals surface area (Å²) in [7, 11) is 0. The second-order valence-corrected chi connectivity index (χ2v) is 6.13. The van der Waals surface area contributed by atoms with Gasteiger partial charge in [-0.3, -0.25) is 4.40 Å². The molecule has 1 unspecified atom stereocenters. The summed E-state index contributed by atoms with van der Waals surface area (Å²) in [5.74, 6) is 1.18. The number of hydrogen-bond donors (Lipinski definition) is 4. The van der Waals surface area contributed by atoms with E-state index in [1.807, 2.05) is 47.3 Å². The predicted molar refractivity (Wildman–Crippen MR) is 102 cm³/mol. The average Bonchev–Trinajstić information content (AvgIpc) is 3.05. The first-order chi connectivity index (χ1) is 12.7. The van der Waals surface area contributed by atoms with E-state index < -0.39 is 0 Å². The molecule has 3 aromatic heterocycles. The Balaban J connectivity index is 1.54. The zero-order valence-electron chi connectivity index (χ0n) is 13.7. The van der Waals surface area contributed by atoms with Crippen LogP contribution in [0.2, 0.25) is 0 Å². The van der Waals surface area contributed by atoms with Gasteiger partial charge in [0.1, 0.15) is 12.0 Å². The second-order valence-electron chi connectivity index (χ2n) is 6.13. The van der Waals surface area contributed by atoms with Gasteiger partial charge in [0.05, 0.1) is 17.4 Å². The van der Waals surface area contributed by atoms with Gasteiger partial charge >= 0.3 is 0 Å². The van der Waals surface area contributed by atoms with Crippen molar-refractivity contribution in [3.05, 3.63) is 60.8 Å². The SMILES string of the molecule is Nc1ccc2cc(Nc3nccn4c(C5=CNC5N)cnc34)ccc2n1. The molecule has 8 nitrogen and oxygen atoms in total. The summed E-state index contributed by atoms with van der Waals surface area (Å²) in [6, 6.07) is 9.61. The lowest BCUT2D eigenvalue weighted by Gasteiger charge is -2.24. The Morgan fingerprint density at radius 1 is 1.15 bits per heavy atom. The Kier molecular flexibility index (Phi) is 3.06. The molecule has 0 amide bonds. The minimum Gasteiger partial charge on any atom is -0.384 e. The van der Waals surface area contributed by atoms with Crippen LogP contribution in [0.1, 0.15) is 5.69 Å². The van der Waals surface area contributed by atoms with E-state index in [-0.39, 0.29) is 6.17 Å². The lowest BCUT2D eigenvalue weighted by molar-refractivity contribution is 0.690. The maximum Gasteiger partial charge on any atom is 0.180 e.